The Hall–Kier alpha value is -1.89. The van der Waals surface area contributed by atoms with Crippen molar-refractivity contribution in [2.75, 3.05) is 38.6 Å². The number of nitrogens with one attached hydrogen (secondary N) is 2. The largest absolute Gasteiger partial charge is 0.347 e. The third-order valence-corrected chi connectivity index (χ3v) is 3.11. The summed E-state index contributed by atoms with van der Waals surface area (Å²) in [5.41, 5.74) is -0.197. The molecule has 0 radical (unpaired) electrons. The van der Waals surface area contributed by atoms with E-state index in [0.717, 1.165) is 6.54 Å². The van der Waals surface area contributed by atoms with E-state index >= 15 is 0 Å². The zero-order valence-electron chi connectivity index (χ0n) is 11.4. The van der Waals surface area contributed by atoms with E-state index in [1.54, 1.807) is 25.9 Å². The van der Waals surface area contributed by atoms with Gasteiger partial charge in [0.2, 0.25) is 5.91 Å². The fraction of sp³-hybridized carbons (Fsp3) is 0.583. The number of nitrogens with zero attached hydrogens (tertiary/aromatic N) is 3. The number of H-pyrrole nitrogens is 1. The highest BCUT2D eigenvalue weighted by atomic mass is 16.2. The number of aromatic amines is 1. The van der Waals surface area contributed by atoms with Gasteiger partial charge in [-0.25, -0.2) is 4.98 Å². The third-order valence-electron chi connectivity index (χ3n) is 3.11. The summed E-state index contributed by atoms with van der Waals surface area (Å²) in [6.07, 6.45) is 0. The van der Waals surface area contributed by atoms with Crippen LogP contribution in [-0.2, 0) is 4.79 Å². The van der Waals surface area contributed by atoms with Crippen molar-refractivity contribution in [3.63, 3.8) is 0 Å². The van der Waals surface area contributed by atoms with E-state index in [0.29, 0.717) is 24.7 Å². The summed E-state index contributed by atoms with van der Waals surface area (Å²) in [5.74, 6) is 1.12. The molecule has 7 heteroatoms. The summed E-state index contributed by atoms with van der Waals surface area (Å²) in [6.45, 7) is 3.71. The summed E-state index contributed by atoms with van der Waals surface area (Å²) >= 11 is 0. The average Bonchev–Trinajstić information content (AvgIpc) is 2.36. The van der Waals surface area contributed by atoms with Gasteiger partial charge in [0, 0.05) is 39.8 Å². The van der Waals surface area contributed by atoms with Crippen LogP contribution in [0.1, 0.15) is 5.82 Å². The Morgan fingerprint density at radius 1 is 1.53 bits per heavy atom. The van der Waals surface area contributed by atoms with Gasteiger partial charge in [-0.1, -0.05) is 0 Å². The molecule has 0 aromatic carbocycles. The van der Waals surface area contributed by atoms with Gasteiger partial charge in [0.15, 0.2) is 0 Å². The lowest BCUT2D eigenvalue weighted by molar-refractivity contribution is -0.130. The van der Waals surface area contributed by atoms with E-state index in [4.69, 9.17) is 0 Å². The number of aryl methyl sites for hydroxylation is 1. The molecule has 1 aliphatic heterocycles. The first-order valence-corrected chi connectivity index (χ1v) is 6.25. The summed E-state index contributed by atoms with van der Waals surface area (Å²) in [7, 11) is 3.46. The Balaban J connectivity index is 2.33. The van der Waals surface area contributed by atoms with Crippen molar-refractivity contribution in [1.82, 2.24) is 20.2 Å². The molecule has 2 N–H and O–H groups in total. The lowest BCUT2D eigenvalue weighted by atomic mass is 10.1. The molecule has 19 heavy (non-hydrogen) atoms. The lowest BCUT2D eigenvalue weighted by Crippen LogP contribution is -2.58. The monoisotopic (exact) mass is 265 g/mol. The van der Waals surface area contributed by atoms with Crippen LogP contribution >= 0.6 is 0 Å². The molecule has 1 atom stereocenters. The van der Waals surface area contributed by atoms with Crippen molar-refractivity contribution in [3.05, 3.63) is 22.2 Å². The van der Waals surface area contributed by atoms with Gasteiger partial charge >= 0.3 is 0 Å². The minimum absolute atomic E-state index is 0.00642. The van der Waals surface area contributed by atoms with Gasteiger partial charge in [-0.2, -0.15) is 0 Å². The number of amides is 1. The van der Waals surface area contributed by atoms with E-state index < -0.39 is 0 Å². The number of hydrogen-bond acceptors (Lipinski definition) is 5. The van der Waals surface area contributed by atoms with Gasteiger partial charge in [-0.3, -0.25) is 9.59 Å². The molecule has 1 unspecified atom stereocenters. The van der Waals surface area contributed by atoms with E-state index in [1.807, 2.05) is 4.90 Å². The van der Waals surface area contributed by atoms with Gasteiger partial charge in [-0.15, -0.1) is 0 Å². The molecule has 0 bridgehead atoms. The molecule has 0 saturated carbocycles. The van der Waals surface area contributed by atoms with Crippen LogP contribution in [0.25, 0.3) is 0 Å². The van der Waals surface area contributed by atoms with E-state index in [2.05, 4.69) is 15.3 Å². The highest BCUT2D eigenvalue weighted by molar-refractivity contribution is 5.85. The second kappa shape index (κ2) is 5.40. The molecule has 1 saturated heterocycles. The maximum Gasteiger partial charge on any atom is 0.252 e. The van der Waals surface area contributed by atoms with Crippen molar-refractivity contribution in [2.24, 2.45) is 0 Å². The first-order valence-electron chi connectivity index (χ1n) is 6.25. The lowest BCUT2D eigenvalue weighted by Gasteiger charge is -2.37. The molecular weight excluding hydrogens is 246 g/mol. The molecule has 1 aromatic heterocycles. The Bertz CT molecular complexity index is 525. The van der Waals surface area contributed by atoms with Crippen LogP contribution in [0.3, 0.4) is 0 Å². The SMILES string of the molecule is Cc1nc(N2CCNCC2C(=O)N(C)C)cc(=O)[nH]1. The number of likely N-dealkylation sites (N-methyl/N-ethyl adjacent to an activating group) is 1. The molecule has 2 heterocycles. The molecule has 2 rings (SSSR count). The quantitative estimate of drug-likeness (QED) is 0.713. The first kappa shape index (κ1) is 13.5. The molecule has 1 fully saturated rings. The third kappa shape index (κ3) is 2.93. The topological polar surface area (TPSA) is 81.3 Å². The standard InChI is InChI=1S/C12H19N5O2/c1-8-14-10(6-11(18)15-8)17-5-4-13-7-9(17)12(19)16(2)3/h6,9,13H,4-5,7H2,1-3H3,(H,14,15,18). The number of aromatic nitrogens is 2. The van der Waals surface area contributed by atoms with Gasteiger partial charge in [0.1, 0.15) is 17.7 Å². The van der Waals surface area contributed by atoms with Crippen LogP contribution < -0.4 is 15.8 Å². The van der Waals surface area contributed by atoms with Gasteiger partial charge in [0.25, 0.3) is 5.56 Å². The van der Waals surface area contributed by atoms with Crippen LogP contribution in [0.2, 0.25) is 0 Å². The fourth-order valence-electron chi connectivity index (χ4n) is 2.21. The zero-order valence-corrected chi connectivity index (χ0v) is 11.4. The van der Waals surface area contributed by atoms with Crippen LogP contribution in [-0.4, -0.2) is 60.5 Å². The normalized spacial score (nSPS) is 19.3. The molecule has 0 spiro atoms. The number of piperazine rings is 1. The molecule has 1 amide bonds. The van der Waals surface area contributed by atoms with Crippen molar-refractivity contribution >= 4 is 11.7 Å². The second-order valence-corrected chi connectivity index (χ2v) is 4.83. The molecule has 0 aliphatic carbocycles. The number of hydrogen-bond donors (Lipinski definition) is 2. The molecule has 7 nitrogen and oxygen atoms in total. The second-order valence-electron chi connectivity index (χ2n) is 4.83. The highest BCUT2D eigenvalue weighted by Crippen LogP contribution is 2.15. The minimum atomic E-state index is -0.322. The summed E-state index contributed by atoms with van der Waals surface area (Å²) in [4.78, 5) is 34.1. The van der Waals surface area contributed by atoms with E-state index in [1.165, 1.54) is 6.07 Å². The Kier molecular flexibility index (Phi) is 3.84. The first-order chi connectivity index (χ1) is 8.99. The van der Waals surface area contributed by atoms with Crippen LogP contribution in [0.5, 0.6) is 0 Å². The summed E-state index contributed by atoms with van der Waals surface area (Å²) in [5, 5.41) is 3.20. The molecule has 1 aromatic rings. The van der Waals surface area contributed by atoms with Gasteiger partial charge < -0.3 is 20.1 Å². The van der Waals surface area contributed by atoms with Crippen molar-refractivity contribution in [2.45, 2.75) is 13.0 Å². The van der Waals surface area contributed by atoms with Crippen LogP contribution in [0, 0.1) is 6.92 Å². The molecule has 104 valence electrons. The summed E-state index contributed by atoms with van der Waals surface area (Å²) < 4.78 is 0. The highest BCUT2D eigenvalue weighted by Gasteiger charge is 2.30. The van der Waals surface area contributed by atoms with Gasteiger partial charge in [-0.05, 0) is 6.92 Å². The fourth-order valence-corrected chi connectivity index (χ4v) is 2.21. The van der Waals surface area contributed by atoms with E-state index in [-0.39, 0.29) is 17.5 Å². The maximum atomic E-state index is 12.2. The predicted molar refractivity (Wildman–Crippen MR) is 72.3 cm³/mol. The van der Waals surface area contributed by atoms with Crippen molar-refractivity contribution < 1.29 is 4.79 Å². The van der Waals surface area contributed by atoms with Crippen LogP contribution in [0.4, 0.5) is 5.82 Å². The number of carbonyl (C=O) groups excluding carboxylic acids is 1. The summed E-state index contributed by atoms with van der Waals surface area (Å²) in [6, 6.07) is 1.12. The Labute approximate surface area is 111 Å². The zero-order chi connectivity index (χ0) is 14.0. The average molecular weight is 265 g/mol. The molecular formula is C12H19N5O2. The van der Waals surface area contributed by atoms with E-state index in [9.17, 15) is 9.59 Å². The molecule has 1 aliphatic rings. The Morgan fingerprint density at radius 2 is 2.26 bits per heavy atom. The smallest absolute Gasteiger partial charge is 0.252 e. The van der Waals surface area contributed by atoms with Crippen molar-refractivity contribution in [3.8, 4) is 0 Å². The predicted octanol–water partition coefficient (Wildman–Crippen LogP) is -1.06. The van der Waals surface area contributed by atoms with Gasteiger partial charge in [0.05, 0.1) is 0 Å². The number of anilines is 1. The number of rotatable bonds is 2. The maximum absolute atomic E-state index is 12.2. The minimum Gasteiger partial charge on any atom is -0.347 e. The Morgan fingerprint density at radius 3 is 2.89 bits per heavy atom. The van der Waals surface area contributed by atoms with Crippen LogP contribution in [0.15, 0.2) is 10.9 Å². The number of carbonyl (C=O) groups is 1. The van der Waals surface area contributed by atoms with Crippen molar-refractivity contribution in [1.29, 1.82) is 0 Å².